The predicted molar refractivity (Wildman–Crippen MR) is 109 cm³/mol. The number of hydrogen-bond donors (Lipinski definition) is 3. The first-order valence-electron chi connectivity index (χ1n) is 9.27. The second-order valence-electron chi connectivity index (χ2n) is 6.98. The molecular weight excluding hydrogens is 385 g/mol. The minimum atomic E-state index is -0.113. The van der Waals surface area contributed by atoms with Crippen molar-refractivity contribution in [2.75, 3.05) is 26.2 Å². The number of carbonyl (C=O) groups excluding carboxylic acids is 1. The second-order valence-corrected chi connectivity index (χ2v) is 7.42. The van der Waals surface area contributed by atoms with Crippen LogP contribution in [-0.2, 0) is 13.0 Å². The van der Waals surface area contributed by atoms with Gasteiger partial charge in [0.25, 0.3) is 5.91 Å². The first-order valence-corrected chi connectivity index (χ1v) is 9.64. The molecule has 2 aliphatic rings. The van der Waals surface area contributed by atoms with Crippen LogP contribution in [0.25, 0.3) is 0 Å². The molecule has 6 nitrogen and oxygen atoms in total. The number of rotatable bonds is 5. The largest absolute Gasteiger partial charge is 0.349 e. The highest BCUT2D eigenvalue weighted by Gasteiger charge is 2.26. The van der Waals surface area contributed by atoms with Gasteiger partial charge >= 0.3 is 0 Å². The van der Waals surface area contributed by atoms with Crippen molar-refractivity contribution in [3.63, 3.8) is 0 Å². The van der Waals surface area contributed by atoms with E-state index in [0.717, 1.165) is 47.9 Å². The minimum Gasteiger partial charge on any atom is -0.349 e. The Bertz CT molecular complexity index is 788. The van der Waals surface area contributed by atoms with E-state index in [9.17, 15) is 4.79 Å². The average molecular weight is 410 g/mol. The van der Waals surface area contributed by atoms with Crippen LogP contribution in [0.15, 0.2) is 24.3 Å². The summed E-state index contributed by atoms with van der Waals surface area (Å²) in [4.78, 5) is 15.2. The molecule has 1 saturated heterocycles. The number of likely N-dealkylation sites (tertiary alicyclic amines) is 1. The number of fused-ring (bicyclic) bond motifs is 1. The fourth-order valence-corrected chi connectivity index (χ4v) is 4.11. The summed E-state index contributed by atoms with van der Waals surface area (Å²) in [6.07, 6.45) is 3.28. The lowest BCUT2D eigenvalue weighted by molar-refractivity contribution is 0.0931. The zero-order valence-electron chi connectivity index (χ0n) is 15.1. The normalized spacial score (nSPS) is 17.8. The fraction of sp³-hybridized carbons (Fsp3) is 0.474. The lowest BCUT2D eigenvalue weighted by atomic mass is 10.0. The Balaban J connectivity index is 0.00000210. The molecule has 1 unspecified atom stereocenters. The van der Waals surface area contributed by atoms with E-state index in [0.29, 0.717) is 18.8 Å². The van der Waals surface area contributed by atoms with Crippen molar-refractivity contribution in [2.45, 2.75) is 31.8 Å². The molecule has 2 aliphatic heterocycles. The highest BCUT2D eigenvalue weighted by molar-refractivity contribution is 6.30. The molecule has 3 heterocycles. The lowest BCUT2D eigenvalue weighted by Crippen LogP contribution is -2.37. The molecule has 1 atom stereocenters. The maximum atomic E-state index is 12.7. The second kappa shape index (κ2) is 9.06. The molecule has 2 aromatic rings. The van der Waals surface area contributed by atoms with Gasteiger partial charge in [-0.2, -0.15) is 5.10 Å². The molecule has 1 fully saturated rings. The highest BCUT2D eigenvalue weighted by atomic mass is 35.5. The molecule has 3 N–H and O–H groups in total. The van der Waals surface area contributed by atoms with Crippen LogP contribution in [-0.4, -0.2) is 47.2 Å². The van der Waals surface area contributed by atoms with E-state index in [1.54, 1.807) is 0 Å². The number of aromatic nitrogens is 2. The Kier molecular flexibility index (Phi) is 6.76. The van der Waals surface area contributed by atoms with E-state index < -0.39 is 0 Å². The third kappa shape index (κ3) is 4.46. The number of H-pyrrole nitrogens is 1. The average Bonchev–Trinajstić information content (AvgIpc) is 3.32. The van der Waals surface area contributed by atoms with Gasteiger partial charge in [-0.25, -0.2) is 0 Å². The summed E-state index contributed by atoms with van der Waals surface area (Å²) in [5.74, 6) is -0.113. The quantitative estimate of drug-likeness (QED) is 0.709. The molecule has 146 valence electrons. The van der Waals surface area contributed by atoms with E-state index in [4.69, 9.17) is 11.6 Å². The summed E-state index contributed by atoms with van der Waals surface area (Å²) in [5.41, 5.74) is 3.72. The lowest BCUT2D eigenvalue weighted by Gasteiger charge is -2.28. The number of nitrogens with zero attached hydrogens (tertiary/aromatic N) is 2. The smallest absolute Gasteiger partial charge is 0.272 e. The van der Waals surface area contributed by atoms with Crippen LogP contribution < -0.4 is 10.6 Å². The van der Waals surface area contributed by atoms with Gasteiger partial charge < -0.3 is 10.6 Å². The Hall–Kier alpha value is -1.60. The van der Waals surface area contributed by atoms with E-state index in [-0.39, 0.29) is 24.4 Å². The van der Waals surface area contributed by atoms with Gasteiger partial charge in [-0.15, -0.1) is 12.4 Å². The summed E-state index contributed by atoms with van der Waals surface area (Å²) < 4.78 is 0. The number of aromatic amines is 1. The molecule has 4 rings (SSSR count). The van der Waals surface area contributed by atoms with E-state index in [1.165, 1.54) is 12.8 Å². The van der Waals surface area contributed by atoms with Crippen molar-refractivity contribution in [1.29, 1.82) is 0 Å². The third-order valence-electron chi connectivity index (χ3n) is 5.29. The number of carbonyl (C=O) groups is 1. The summed E-state index contributed by atoms with van der Waals surface area (Å²) in [5, 5.41) is 14.4. The monoisotopic (exact) mass is 409 g/mol. The van der Waals surface area contributed by atoms with Gasteiger partial charge in [-0.3, -0.25) is 14.8 Å². The topological polar surface area (TPSA) is 73.0 Å². The number of nitrogens with one attached hydrogen (secondary N) is 3. The molecule has 1 aromatic heterocycles. The van der Waals surface area contributed by atoms with E-state index in [2.05, 4.69) is 31.8 Å². The van der Waals surface area contributed by atoms with Crippen molar-refractivity contribution >= 4 is 29.9 Å². The van der Waals surface area contributed by atoms with Crippen LogP contribution in [0.5, 0.6) is 0 Å². The van der Waals surface area contributed by atoms with Gasteiger partial charge in [-0.1, -0.05) is 23.7 Å². The SMILES string of the molecule is Cl.O=C(NCC(c1cccc(Cl)c1)N1CCCC1)c1n[nH]c2c1CNCC2. The van der Waals surface area contributed by atoms with Crippen molar-refractivity contribution < 1.29 is 4.79 Å². The Morgan fingerprint density at radius 2 is 2.15 bits per heavy atom. The van der Waals surface area contributed by atoms with Gasteiger partial charge in [0.2, 0.25) is 0 Å². The van der Waals surface area contributed by atoms with Crippen LogP contribution in [0.2, 0.25) is 5.02 Å². The minimum absolute atomic E-state index is 0. The Labute approximate surface area is 170 Å². The zero-order chi connectivity index (χ0) is 17.9. The summed E-state index contributed by atoms with van der Waals surface area (Å²) in [6, 6.07) is 8.07. The van der Waals surface area contributed by atoms with Crippen molar-refractivity contribution in [3.05, 3.63) is 51.8 Å². The van der Waals surface area contributed by atoms with Crippen molar-refractivity contribution in [2.24, 2.45) is 0 Å². The summed E-state index contributed by atoms with van der Waals surface area (Å²) in [7, 11) is 0. The van der Waals surface area contributed by atoms with E-state index >= 15 is 0 Å². The number of benzene rings is 1. The molecule has 8 heteroatoms. The maximum absolute atomic E-state index is 12.7. The summed E-state index contributed by atoms with van der Waals surface area (Å²) in [6.45, 7) is 4.26. The van der Waals surface area contributed by atoms with Gasteiger partial charge in [0, 0.05) is 42.3 Å². The van der Waals surface area contributed by atoms with Gasteiger partial charge in [0.1, 0.15) is 0 Å². The summed E-state index contributed by atoms with van der Waals surface area (Å²) >= 11 is 6.19. The van der Waals surface area contributed by atoms with Crippen LogP contribution in [0.3, 0.4) is 0 Å². The highest BCUT2D eigenvalue weighted by Crippen LogP contribution is 2.26. The molecule has 27 heavy (non-hydrogen) atoms. The fourth-order valence-electron chi connectivity index (χ4n) is 3.91. The van der Waals surface area contributed by atoms with Crippen LogP contribution in [0.1, 0.15) is 46.2 Å². The van der Waals surface area contributed by atoms with Gasteiger partial charge in [0.15, 0.2) is 5.69 Å². The number of halogens is 2. The van der Waals surface area contributed by atoms with Crippen molar-refractivity contribution in [3.8, 4) is 0 Å². The number of amides is 1. The molecular formula is C19H25Cl2N5O. The number of hydrogen-bond acceptors (Lipinski definition) is 4. The van der Waals surface area contributed by atoms with Crippen LogP contribution >= 0.6 is 24.0 Å². The van der Waals surface area contributed by atoms with Crippen LogP contribution in [0, 0.1) is 0 Å². The molecule has 1 aromatic carbocycles. The first-order chi connectivity index (χ1) is 12.7. The Morgan fingerprint density at radius 3 is 2.93 bits per heavy atom. The Morgan fingerprint density at radius 1 is 1.33 bits per heavy atom. The third-order valence-corrected chi connectivity index (χ3v) is 5.53. The molecule has 0 bridgehead atoms. The zero-order valence-corrected chi connectivity index (χ0v) is 16.7. The molecule has 0 aliphatic carbocycles. The van der Waals surface area contributed by atoms with Crippen LogP contribution in [0.4, 0.5) is 0 Å². The van der Waals surface area contributed by atoms with Gasteiger partial charge in [-0.05, 0) is 43.6 Å². The maximum Gasteiger partial charge on any atom is 0.272 e. The standard InChI is InChI=1S/C19H24ClN5O.ClH/c20-14-5-3-4-13(10-14)17(25-8-1-2-9-25)12-22-19(26)18-15-11-21-7-6-16(15)23-24-18;/h3-5,10,17,21H,1-2,6-9,11-12H2,(H,22,26)(H,23,24);1H. The molecule has 0 saturated carbocycles. The van der Waals surface area contributed by atoms with E-state index in [1.807, 2.05) is 18.2 Å². The molecule has 0 radical (unpaired) electrons. The van der Waals surface area contributed by atoms with Gasteiger partial charge in [0.05, 0.1) is 6.04 Å². The molecule has 1 amide bonds. The first kappa shape index (κ1) is 20.1. The van der Waals surface area contributed by atoms with Crippen molar-refractivity contribution in [1.82, 2.24) is 25.7 Å². The predicted octanol–water partition coefficient (Wildman–Crippen LogP) is 2.70. The molecule has 0 spiro atoms.